The Morgan fingerprint density at radius 3 is 2.26 bits per heavy atom. The summed E-state index contributed by atoms with van der Waals surface area (Å²) in [6, 6.07) is 18.2. The zero-order valence-corrected chi connectivity index (χ0v) is 13.0. The highest BCUT2D eigenvalue weighted by molar-refractivity contribution is 7.13. The molecule has 0 aliphatic carbocycles. The zero-order valence-electron chi connectivity index (χ0n) is 12.2. The fourth-order valence-corrected chi connectivity index (χ4v) is 3.39. The minimum atomic E-state index is -3.29. The minimum Gasteiger partial charge on any atom is -0.302 e. The molecule has 0 amide bonds. The van der Waals surface area contributed by atoms with Crippen LogP contribution in [0.15, 0.2) is 72.1 Å². The van der Waals surface area contributed by atoms with E-state index in [0.29, 0.717) is 17.4 Å². The Hall–Kier alpha value is -2.33. The van der Waals surface area contributed by atoms with Gasteiger partial charge < -0.3 is 4.79 Å². The van der Waals surface area contributed by atoms with Gasteiger partial charge in [0.25, 0.3) is 5.92 Å². The molecule has 0 N–H and O–H groups in total. The van der Waals surface area contributed by atoms with E-state index in [4.69, 9.17) is 0 Å². The summed E-state index contributed by atoms with van der Waals surface area (Å²) >= 11 is 1.40. The number of benzene rings is 2. The third-order valence-electron chi connectivity index (χ3n) is 3.76. The van der Waals surface area contributed by atoms with Crippen molar-refractivity contribution in [2.75, 3.05) is 0 Å². The van der Waals surface area contributed by atoms with Crippen LogP contribution in [0, 0.1) is 0 Å². The fourth-order valence-electron chi connectivity index (χ4n) is 2.62. The molecule has 0 fully saturated rings. The summed E-state index contributed by atoms with van der Waals surface area (Å²) < 4.78 is 30.3. The molecule has 1 nitrogen and oxygen atoms in total. The second kappa shape index (κ2) is 6.42. The van der Waals surface area contributed by atoms with Crippen LogP contribution in [0.25, 0.3) is 10.4 Å². The van der Waals surface area contributed by atoms with Gasteiger partial charge in [-0.25, -0.2) is 8.78 Å². The van der Waals surface area contributed by atoms with E-state index >= 15 is 8.78 Å². The van der Waals surface area contributed by atoms with Crippen LogP contribution in [-0.2, 0) is 10.7 Å². The van der Waals surface area contributed by atoms with Crippen LogP contribution in [0.5, 0.6) is 0 Å². The molecule has 0 spiro atoms. The number of alkyl halides is 2. The van der Waals surface area contributed by atoms with E-state index in [9.17, 15) is 4.79 Å². The van der Waals surface area contributed by atoms with E-state index in [1.54, 1.807) is 54.6 Å². The summed E-state index contributed by atoms with van der Waals surface area (Å²) in [7, 11) is 0. The topological polar surface area (TPSA) is 17.1 Å². The van der Waals surface area contributed by atoms with E-state index in [1.807, 2.05) is 11.4 Å². The minimum absolute atomic E-state index is 0.122. The van der Waals surface area contributed by atoms with Gasteiger partial charge in [0, 0.05) is 16.0 Å². The number of carbonyl (C=O) groups excluding carboxylic acids is 1. The van der Waals surface area contributed by atoms with E-state index in [1.165, 1.54) is 17.4 Å². The Kier molecular flexibility index (Phi) is 4.35. The SMILES string of the molecule is O=CC(c1ccccc1)C(F)(F)c1ccccc1-c1cccs1. The third kappa shape index (κ3) is 2.94. The number of aldehydes is 1. The van der Waals surface area contributed by atoms with Gasteiger partial charge in [-0.3, -0.25) is 0 Å². The molecule has 0 bridgehead atoms. The molecule has 0 aliphatic heterocycles. The van der Waals surface area contributed by atoms with Gasteiger partial charge in [-0.05, 0) is 17.0 Å². The van der Waals surface area contributed by atoms with Gasteiger partial charge in [-0.15, -0.1) is 11.3 Å². The van der Waals surface area contributed by atoms with Crippen LogP contribution in [0.1, 0.15) is 17.0 Å². The average molecular weight is 328 g/mol. The van der Waals surface area contributed by atoms with Crippen molar-refractivity contribution in [2.45, 2.75) is 11.8 Å². The lowest BCUT2D eigenvalue weighted by Gasteiger charge is -2.25. The smallest absolute Gasteiger partial charge is 0.287 e. The molecule has 2 aromatic carbocycles. The molecule has 4 heteroatoms. The zero-order chi connectivity index (χ0) is 16.3. The van der Waals surface area contributed by atoms with E-state index in [0.717, 1.165) is 4.88 Å². The van der Waals surface area contributed by atoms with Gasteiger partial charge in [0.1, 0.15) is 12.2 Å². The second-order valence-electron chi connectivity index (χ2n) is 5.17. The van der Waals surface area contributed by atoms with E-state index in [2.05, 4.69) is 0 Å². The van der Waals surface area contributed by atoms with Crippen LogP contribution in [0.4, 0.5) is 8.78 Å². The molecule has 1 unspecified atom stereocenters. The summed E-state index contributed by atoms with van der Waals surface area (Å²) in [6.07, 6.45) is 0.334. The van der Waals surface area contributed by atoms with Crippen LogP contribution in [0.3, 0.4) is 0 Å². The lowest BCUT2D eigenvalue weighted by molar-refractivity contribution is -0.119. The average Bonchev–Trinajstić information content (AvgIpc) is 3.11. The van der Waals surface area contributed by atoms with Gasteiger partial charge >= 0.3 is 0 Å². The lowest BCUT2D eigenvalue weighted by Crippen LogP contribution is -2.26. The maximum absolute atomic E-state index is 15.1. The largest absolute Gasteiger partial charge is 0.302 e. The number of halogens is 2. The highest BCUT2D eigenvalue weighted by Crippen LogP contribution is 2.45. The van der Waals surface area contributed by atoms with Gasteiger partial charge in [0.2, 0.25) is 0 Å². The van der Waals surface area contributed by atoms with Crippen LogP contribution in [0.2, 0.25) is 0 Å². The van der Waals surface area contributed by atoms with Crippen molar-refractivity contribution in [3.05, 3.63) is 83.2 Å². The first kappa shape index (κ1) is 15.6. The molecule has 1 aromatic heterocycles. The Balaban J connectivity index is 2.11. The predicted octanol–water partition coefficient (Wildman–Crippen LogP) is 5.49. The Bertz CT molecular complexity index is 782. The number of hydrogen-bond donors (Lipinski definition) is 0. The van der Waals surface area contributed by atoms with Crippen molar-refractivity contribution >= 4 is 17.6 Å². The number of thiophene rings is 1. The first-order valence-corrected chi connectivity index (χ1v) is 8.04. The van der Waals surface area contributed by atoms with E-state index < -0.39 is 11.8 Å². The van der Waals surface area contributed by atoms with Gasteiger partial charge in [0.05, 0.1) is 0 Å². The number of rotatable bonds is 5. The first-order chi connectivity index (χ1) is 11.1. The molecular formula is C19H14F2OS. The van der Waals surface area contributed by atoms with Gasteiger partial charge in [0.15, 0.2) is 0 Å². The Labute approximate surface area is 137 Å². The maximum Gasteiger partial charge on any atom is 0.287 e. The van der Waals surface area contributed by atoms with Crippen LogP contribution < -0.4 is 0 Å². The summed E-state index contributed by atoms with van der Waals surface area (Å²) in [5.74, 6) is -4.80. The van der Waals surface area contributed by atoms with E-state index in [-0.39, 0.29) is 5.56 Å². The molecule has 1 heterocycles. The van der Waals surface area contributed by atoms with Crippen molar-refractivity contribution in [2.24, 2.45) is 0 Å². The molecule has 0 radical (unpaired) electrons. The second-order valence-corrected chi connectivity index (χ2v) is 6.12. The standard InChI is InChI=1S/C19H14F2OS/c20-19(21,17(13-22)14-7-2-1-3-8-14)16-10-5-4-9-15(16)18-11-6-12-23-18/h1-13,17H. The lowest BCUT2D eigenvalue weighted by atomic mass is 9.87. The van der Waals surface area contributed by atoms with Crippen molar-refractivity contribution in [3.63, 3.8) is 0 Å². The normalized spacial score (nSPS) is 12.8. The van der Waals surface area contributed by atoms with Crippen molar-refractivity contribution < 1.29 is 13.6 Å². The monoisotopic (exact) mass is 328 g/mol. The number of carbonyl (C=O) groups is 1. The summed E-state index contributed by atoms with van der Waals surface area (Å²) in [5, 5.41) is 1.85. The molecule has 116 valence electrons. The van der Waals surface area contributed by atoms with Gasteiger partial charge in [-0.1, -0.05) is 60.7 Å². The third-order valence-corrected chi connectivity index (χ3v) is 4.66. The van der Waals surface area contributed by atoms with Crippen LogP contribution >= 0.6 is 11.3 Å². The molecule has 23 heavy (non-hydrogen) atoms. The summed E-state index contributed by atoms with van der Waals surface area (Å²) in [4.78, 5) is 12.2. The van der Waals surface area contributed by atoms with Crippen molar-refractivity contribution in [3.8, 4) is 10.4 Å². The molecule has 0 aliphatic rings. The first-order valence-electron chi connectivity index (χ1n) is 7.16. The molecule has 3 rings (SSSR count). The summed E-state index contributed by atoms with van der Waals surface area (Å²) in [6.45, 7) is 0. The highest BCUT2D eigenvalue weighted by Gasteiger charge is 2.43. The highest BCUT2D eigenvalue weighted by atomic mass is 32.1. The van der Waals surface area contributed by atoms with Gasteiger partial charge in [-0.2, -0.15) is 0 Å². The number of hydrogen-bond acceptors (Lipinski definition) is 2. The van der Waals surface area contributed by atoms with Crippen molar-refractivity contribution in [1.29, 1.82) is 0 Å². The molecule has 0 saturated heterocycles. The summed E-state index contributed by atoms with van der Waals surface area (Å²) in [5.41, 5.74) is 0.659. The quantitative estimate of drug-likeness (QED) is 0.566. The molecular weight excluding hydrogens is 314 g/mol. The molecule has 1 atom stereocenters. The Morgan fingerprint density at radius 1 is 0.913 bits per heavy atom. The molecule has 3 aromatic rings. The van der Waals surface area contributed by atoms with Crippen LogP contribution in [-0.4, -0.2) is 6.29 Å². The fraction of sp³-hybridized carbons (Fsp3) is 0.105. The Morgan fingerprint density at radius 2 is 1.61 bits per heavy atom. The predicted molar refractivity (Wildman–Crippen MR) is 88.9 cm³/mol. The van der Waals surface area contributed by atoms with Crippen molar-refractivity contribution in [1.82, 2.24) is 0 Å². The maximum atomic E-state index is 15.1. The molecule has 0 saturated carbocycles.